The van der Waals surface area contributed by atoms with E-state index in [1.165, 1.54) is 12.8 Å². The minimum Gasteiger partial charge on any atom is -0.481 e. The van der Waals surface area contributed by atoms with Gasteiger partial charge in [-0.15, -0.1) is 0 Å². The Kier molecular flexibility index (Phi) is 7.85. The Morgan fingerprint density at radius 2 is 1.59 bits per heavy atom. The molecule has 16 heteroatoms. The molecule has 0 radical (unpaired) electrons. The maximum absolute atomic E-state index is 12.7. The Labute approximate surface area is 280 Å². The number of aliphatic carboxylic acids is 2. The summed E-state index contributed by atoms with van der Waals surface area (Å²) in [7, 11) is 0. The molecule has 268 valence electrons. The first-order valence-corrected chi connectivity index (χ1v) is 16.7. The number of carboxylic acids is 2. The van der Waals surface area contributed by atoms with Gasteiger partial charge in [-0.2, -0.15) is 0 Å². The van der Waals surface area contributed by atoms with Gasteiger partial charge in [-0.05, 0) is 68.2 Å². The fraction of sp³-hybridized carbons (Fsp3) is 0.697. The van der Waals surface area contributed by atoms with Crippen molar-refractivity contribution in [1.29, 1.82) is 0 Å². The monoisotopic (exact) mass is 691 g/mol. The standard InChI is InChI=1S/C33H41NO15/c1-12-6-7-33(44)16-10-14-4-5-15(23-17(14)32(33,27(12)46-23)8-9-34(16)11-13-2-3-13)45-31-26(21(38)20(37)25(48-31)29(42)43)49-30-22(39)18(35)19(36)24(47-30)28(40)41/h4-5,13,16,18-22,24-27,30-31,35-39,44H,1-3,6-11H2,(H,40,41)(H,42,43)/t16-,18+,19+,20+,21+,22-,24+,25+,26-,27+,30+,31-,32+,33-/m1/s1. The summed E-state index contributed by atoms with van der Waals surface area (Å²) in [5.74, 6) is -2.31. The van der Waals surface area contributed by atoms with Crippen molar-refractivity contribution in [2.75, 3.05) is 13.1 Å². The van der Waals surface area contributed by atoms with Crippen molar-refractivity contribution in [3.8, 4) is 11.5 Å². The highest BCUT2D eigenvalue weighted by Gasteiger charge is 2.72. The molecule has 49 heavy (non-hydrogen) atoms. The van der Waals surface area contributed by atoms with Gasteiger partial charge in [0.05, 0.1) is 11.0 Å². The third-order valence-electron chi connectivity index (χ3n) is 11.8. The Hall–Kier alpha value is -2.90. The summed E-state index contributed by atoms with van der Waals surface area (Å²) in [6.07, 6.45) is -15.8. The molecule has 4 heterocycles. The molecule has 0 aromatic heterocycles. The smallest absolute Gasteiger partial charge is 0.335 e. The Bertz CT molecular complexity index is 1550. The van der Waals surface area contributed by atoms with E-state index in [9.17, 15) is 50.4 Å². The van der Waals surface area contributed by atoms with Crippen LogP contribution in [0, 0.1) is 5.92 Å². The van der Waals surface area contributed by atoms with Crippen molar-refractivity contribution >= 4 is 11.9 Å². The number of hydrogen-bond acceptors (Lipinski definition) is 14. The largest absolute Gasteiger partial charge is 0.481 e. The summed E-state index contributed by atoms with van der Waals surface area (Å²) in [5, 5.41) is 84.7. The summed E-state index contributed by atoms with van der Waals surface area (Å²) in [6, 6.07) is 3.34. The van der Waals surface area contributed by atoms with E-state index in [0.29, 0.717) is 37.4 Å². The van der Waals surface area contributed by atoms with E-state index in [-0.39, 0.29) is 11.8 Å². The Morgan fingerprint density at radius 1 is 0.918 bits per heavy atom. The maximum Gasteiger partial charge on any atom is 0.335 e. The third kappa shape index (κ3) is 4.80. The van der Waals surface area contributed by atoms with Crippen LogP contribution in [0.2, 0.25) is 0 Å². The molecular formula is C33H41NO15. The topological polar surface area (TPSA) is 245 Å². The Balaban J connectivity index is 1.15. The van der Waals surface area contributed by atoms with Gasteiger partial charge in [0.25, 0.3) is 0 Å². The molecule has 1 aromatic carbocycles. The number of aliphatic hydroxyl groups is 6. The zero-order valence-electron chi connectivity index (χ0n) is 26.4. The fourth-order valence-electron chi connectivity index (χ4n) is 9.20. The lowest BCUT2D eigenvalue weighted by Gasteiger charge is -2.63. The Morgan fingerprint density at radius 3 is 2.27 bits per heavy atom. The second-order valence-corrected chi connectivity index (χ2v) is 14.6. The van der Waals surface area contributed by atoms with E-state index in [2.05, 4.69) is 11.5 Å². The van der Waals surface area contributed by atoms with Gasteiger partial charge in [-0.3, -0.25) is 4.90 Å². The average Bonchev–Trinajstić information content (AvgIpc) is 3.80. The molecule has 2 bridgehead atoms. The van der Waals surface area contributed by atoms with Crippen LogP contribution < -0.4 is 9.47 Å². The summed E-state index contributed by atoms with van der Waals surface area (Å²) < 4.78 is 29.4. The van der Waals surface area contributed by atoms with E-state index in [1.54, 1.807) is 6.07 Å². The number of piperidine rings is 1. The van der Waals surface area contributed by atoms with E-state index >= 15 is 0 Å². The van der Waals surface area contributed by atoms with Crippen LogP contribution in [0.25, 0.3) is 0 Å². The number of ether oxygens (including phenoxy) is 5. The molecule has 1 aromatic rings. The van der Waals surface area contributed by atoms with Crippen molar-refractivity contribution < 1.29 is 74.1 Å². The summed E-state index contributed by atoms with van der Waals surface area (Å²) in [4.78, 5) is 26.1. The SMILES string of the molecule is C=C1CC[C@@]2(O)[C@H]3Cc4ccc(O[C@@H]5O[C@H](C(=O)O)[C@@H](O)[C@H](O)[C@H]5O[C@@H]5O[C@H](C(=O)O)[C@@H](O)[C@H](O)[C@H]5O)c5c4[C@@]2(CCN3CC2CC2)[C@H]1O5. The van der Waals surface area contributed by atoms with Gasteiger partial charge in [-0.25, -0.2) is 9.59 Å². The van der Waals surface area contributed by atoms with Gasteiger partial charge in [0, 0.05) is 18.2 Å². The van der Waals surface area contributed by atoms with Crippen LogP contribution in [-0.2, 0) is 35.6 Å². The van der Waals surface area contributed by atoms with Crippen LogP contribution >= 0.6 is 0 Å². The van der Waals surface area contributed by atoms with E-state index in [1.807, 2.05) is 6.07 Å². The zero-order chi connectivity index (χ0) is 34.7. The summed E-state index contributed by atoms with van der Waals surface area (Å²) in [5.41, 5.74) is 0.630. The highest BCUT2D eigenvalue weighted by atomic mass is 16.8. The van der Waals surface area contributed by atoms with Crippen molar-refractivity contribution in [3.05, 3.63) is 35.4 Å². The first-order chi connectivity index (χ1) is 23.3. The van der Waals surface area contributed by atoms with Gasteiger partial charge in [-0.1, -0.05) is 12.6 Å². The van der Waals surface area contributed by atoms with Crippen molar-refractivity contribution in [3.63, 3.8) is 0 Å². The number of nitrogens with zero attached hydrogens (tertiary/aromatic N) is 1. The molecule has 14 atom stereocenters. The van der Waals surface area contributed by atoms with E-state index in [4.69, 9.17) is 23.7 Å². The van der Waals surface area contributed by atoms with Crippen LogP contribution in [0.5, 0.6) is 11.5 Å². The molecule has 16 nitrogen and oxygen atoms in total. The number of likely N-dealkylation sites (tertiary alicyclic amines) is 1. The molecule has 0 unspecified atom stereocenters. The van der Waals surface area contributed by atoms with Crippen molar-refractivity contribution in [2.24, 2.45) is 5.92 Å². The van der Waals surface area contributed by atoms with Crippen LogP contribution in [-0.4, -0.2) is 150 Å². The number of rotatable bonds is 8. The van der Waals surface area contributed by atoms with Gasteiger partial charge in [0.1, 0.15) is 36.6 Å². The van der Waals surface area contributed by atoms with E-state index < -0.39 is 90.5 Å². The van der Waals surface area contributed by atoms with Crippen LogP contribution in [0.3, 0.4) is 0 Å². The maximum atomic E-state index is 12.7. The lowest BCUT2D eigenvalue weighted by Crippen LogP contribution is -2.75. The van der Waals surface area contributed by atoms with Gasteiger partial charge in [0.15, 0.2) is 36.1 Å². The normalized spacial score (nSPS) is 45.7. The highest BCUT2D eigenvalue weighted by Crippen LogP contribution is 2.66. The molecule has 3 aliphatic carbocycles. The van der Waals surface area contributed by atoms with Crippen LogP contribution in [0.4, 0.5) is 0 Å². The van der Waals surface area contributed by atoms with Crippen molar-refractivity contribution in [1.82, 2.24) is 4.90 Å². The number of aliphatic hydroxyl groups excluding tert-OH is 5. The molecule has 8 N–H and O–H groups in total. The number of carbonyl (C=O) groups is 2. The van der Waals surface area contributed by atoms with Gasteiger partial charge >= 0.3 is 11.9 Å². The third-order valence-corrected chi connectivity index (χ3v) is 11.8. The van der Waals surface area contributed by atoms with Crippen LogP contribution in [0.15, 0.2) is 24.3 Å². The second-order valence-electron chi connectivity index (χ2n) is 14.6. The molecule has 5 fully saturated rings. The minimum absolute atomic E-state index is 0.0619. The molecule has 0 amide bonds. The molecule has 3 saturated heterocycles. The minimum atomic E-state index is -2.07. The number of hydrogen-bond donors (Lipinski definition) is 8. The highest BCUT2D eigenvalue weighted by molar-refractivity contribution is 5.74. The van der Waals surface area contributed by atoms with E-state index in [0.717, 1.165) is 29.8 Å². The average molecular weight is 692 g/mol. The number of carboxylic acid groups (broad SMARTS) is 2. The lowest BCUT2D eigenvalue weighted by molar-refractivity contribution is -0.350. The fourth-order valence-corrected chi connectivity index (χ4v) is 9.20. The first-order valence-electron chi connectivity index (χ1n) is 16.7. The quantitative estimate of drug-likeness (QED) is 0.137. The summed E-state index contributed by atoms with van der Waals surface area (Å²) >= 11 is 0. The summed E-state index contributed by atoms with van der Waals surface area (Å²) in [6.45, 7) is 6.00. The van der Waals surface area contributed by atoms with Crippen LogP contribution in [0.1, 0.15) is 43.2 Å². The predicted octanol–water partition coefficient (Wildman–Crippen LogP) is -2.01. The molecular weight excluding hydrogens is 650 g/mol. The molecule has 2 saturated carbocycles. The second kappa shape index (κ2) is 11.6. The predicted molar refractivity (Wildman–Crippen MR) is 160 cm³/mol. The van der Waals surface area contributed by atoms with Gasteiger partial charge in [0.2, 0.25) is 6.29 Å². The molecule has 7 aliphatic rings. The van der Waals surface area contributed by atoms with Crippen molar-refractivity contribution in [2.45, 2.75) is 123 Å². The molecule has 4 aliphatic heterocycles. The molecule has 8 rings (SSSR count). The molecule has 1 spiro atoms. The lowest BCUT2D eigenvalue weighted by atomic mass is 9.48. The zero-order valence-corrected chi connectivity index (χ0v) is 26.4. The van der Waals surface area contributed by atoms with Gasteiger partial charge < -0.3 is 64.5 Å². The number of benzene rings is 1. The first kappa shape index (κ1) is 33.3.